The van der Waals surface area contributed by atoms with Crippen LogP contribution in [0.25, 0.3) is 0 Å². The van der Waals surface area contributed by atoms with E-state index in [1.54, 1.807) is 31.4 Å². The number of ether oxygens (including phenoxy) is 2. The molecular weight excluding hydrogens is 390 g/mol. The largest absolute Gasteiger partial charge is 0.497 e. The van der Waals surface area contributed by atoms with Crippen LogP contribution in [0.3, 0.4) is 0 Å². The highest BCUT2D eigenvalue weighted by atomic mass is 35.5. The van der Waals surface area contributed by atoms with Crippen molar-refractivity contribution in [3.05, 3.63) is 59.1 Å². The van der Waals surface area contributed by atoms with Gasteiger partial charge in [0.25, 0.3) is 5.91 Å². The van der Waals surface area contributed by atoms with Crippen molar-refractivity contribution in [3.8, 4) is 11.5 Å². The Kier molecular flexibility index (Phi) is 8.16. The van der Waals surface area contributed by atoms with E-state index in [4.69, 9.17) is 21.1 Å². The molecule has 2 aromatic rings. The Balaban J connectivity index is 1.28. The summed E-state index contributed by atoms with van der Waals surface area (Å²) in [5.74, 6) is 1.55. The normalized spacial score (nSPS) is 15.1. The maximum Gasteiger partial charge on any atom is 0.251 e. The predicted octanol–water partition coefficient (Wildman–Crippen LogP) is 2.78. The molecule has 0 unspecified atom stereocenters. The lowest BCUT2D eigenvalue weighted by molar-refractivity contribution is 0.0929. The van der Waals surface area contributed by atoms with Crippen LogP contribution in [0, 0.1) is 0 Å². The average molecular weight is 418 g/mol. The molecular formula is C22H28ClN3O3. The Morgan fingerprint density at radius 3 is 2.14 bits per heavy atom. The fourth-order valence-electron chi connectivity index (χ4n) is 3.23. The van der Waals surface area contributed by atoms with Gasteiger partial charge in [-0.2, -0.15) is 0 Å². The quantitative estimate of drug-likeness (QED) is 0.680. The summed E-state index contributed by atoms with van der Waals surface area (Å²) >= 11 is 5.88. The van der Waals surface area contributed by atoms with E-state index < -0.39 is 0 Å². The minimum absolute atomic E-state index is 0.0503. The molecule has 2 aromatic carbocycles. The van der Waals surface area contributed by atoms with E-state index >= 15 is 0 Å². The van der Waals surface area contributed by atoms with E-state index in [1.165, 1.54) is 0 Å². The van der Waals surface area contributed by atoms with Crippen molar-refractivity contribution < 1.29 is 14.3 Å². The summed E-state index contributed by atoms with van der Waals surface area (Å²) in [6.07, 6.45) is 0. The minimum atomic E-state index is -0.0503. The summed E-state index contributed by atoms with van der Waals surface area (Å²) in [5.41, 5.74) is 0.649. The van der Waals surface area contributed by atoms with Gasteiger partial charge in [-0.3, -0.25) is 14.6 Å². The number of carbonyl (C=O) groups is 1. The van der Waals surface area contributed by atoms with E-state index in [-0.39, 0.29) is 5.91 Å². The smallest absolute Gasteiger partial charge is 0.251 e. The Morgan fingerprint density at radius 1 is 0.931 bits per heavy atom. The van der Waals surface area contributed by atoms with Crippen molar-refractivity contribution in [2.75, 3.05) is 59.5 Å². The monoisotopic (exact) mass is 417 g/mol. The lowest BCUT2D eigenvalue weighted by atomic mass is 10.2. The number of hydrogen-bond acceptors (Lipinski definition) is 5. The van der Waals surface area contributed by atoms with Crippen LogP contribution in [0.4, 0.5) is 0 Å². The van der Waals surface area contributed by atoms with Crippen molar-refractivity contribution in [3.63, 3.8) is 0 Å². The van der Waals surface area contributed by atoms with Gasteiger partial charge in [-0.25, -0.2) is 0 Å². The summed E-state index contributed by atoms with van der Waals surface area (Å²) in [5, 5.41) is 3.70. The summed E-state index contributed by atoms with van der Waals surface area (Å²) in [4.78, 5) is 17.0. The molecule has 0 bridgehead atoms. The molecule has 29 heavy (non-hydrogen) atoms. The molecule has 6 nitrogen and oxygen atoms in total. The van der Waals surface area contributed by atoms with Crippen molar-refractivity contribution in [1.82, 2.24) is 15.1 Å². The Hall–Kier alpha value is -2.28. The Bertz CT molecular complexity index is 760. The highest BCUT2D eigenvalue weighted by molar-refractivity contribution is 6.30. The topological polar surface area (TPSA) is 54.0 Å². The number of methoxy groups -OCH3 is 1. The van der Waals surface area contributed by atoms with Crippen LogP contribution in [0.2, 0.25) is 5.02 Å². The van der Waals surface area contributed by atoms with Gasteiger partial charge in [-0.1, -0.05) is 11.6 Å². The first-order valence-electron chi connectivity index (χ1n) is 9.89. The molecule has 0 atom stereocenters. The van der Waals surface area contributed by atoms with Crippen LogP contribution in [-0.4, -0.2) is 75.2 Å². The van der Waals surface area contributed by atoms with E-state index in [2.05, 4.69) is 15.1 Å². The van der Waals surface area contributed by atoms with E-state index in [9.17, 15) is 4.79 Å². The zero-order valence-corrected chi connectivity index (χ0v) is 17.5. The number of nitrogens with one attached hydrogen (secondary N) is 1. The molecule has 1 aliphatic rings. The maximum atomic E-state index is 12.2. The molecule has 0 spiro atoms. The number of benzene rings is 2. The second-order valence-electron chi connectivity index (χ2n) is 6.97. The van der Waals surface area contributed by atoms with Gasteiger partial charge >= 0.3 is 0 Å². The van der Waals surface area contributed by atoms with Crippen molar-refractivity contribution >= 4 is 17.5 Å². The van der Waals surface area contributed by atoms with Crippen molar-refractivity contribution in [1.29, 1.82) is 0 Å². The molecule has 0 radical (unpaired) electrons. The number of carbonyl (C=O) groups excluding carboxylic acids is 1. The molecule has 3 rings (SSSR count). The number of amides is 1. The van der Waals surface area contributed by atoms with E-state index in [1.807, 2.05) is 24.3 Å². The fraction of sp³-hybridized carbons (Fsp3) is 0.409. The predicted molar refractivity (Wildman–Crippen MR) is 115 cm³/mol. The molecule has 1 amide bonds. The molecule has 0 aromatic heterocycles. The highest BCUT2D eigenvalue weighted by Gasteiger charge is 2.16. The Morgan fingerprint density at radius 2 is 1.52 bits per heavy atom. The second kappa shape index (κ2) is 11.0. The first-order chi connectivity index (χ1) is 14.1. The lowest BCUT2D eigenvalue weighted by Crippen LogP contribution is -2.49. The molecule has 156 valence electrons. The number of nitrogens with zero attached hydrogens (tertiary/aromatic N) is 2. The molecule has 0 aliphatic carbocycles. The first-order valence-corrected chi connectivity index (χ1v) is 10.3. The van der Waals surface area contributed by atoms with Crippen LogP contribution in [0.1, 0.15) is 10.4 Å². The molecule has 0 saturated carbocycles. The zero-order chi connectivity index (χ0) is 20.5. The number of halogens is 1. The standard InChI is InChI=1S/C22H28ClN3O3/c1-28-20-6-2-18(3-7-20)22(27)24-10-11-25-12-14-26(15-13-25)16-17-29-21-8-4-19(23)5-9-21/h2-9H,10-17H2,1H3,(H,24,27). The van der Waals surface area contributed by atoms with Gasteiger partial charge < -0.3 is 14.8 Å². The van der Waals surface area contributed by atoms with Crippen molar-refractivity contribution in [2.24, 2.45) is 0 Å². The van der Waals surface area contributed by atoms with E-state index in [0.29, 0.717) is 23.7 Å². The average Bonchev–Trinajstić information content (AvgIpc) is 2.76. The van der Waals surface area contributed by atoms with Crippen LogP contribution >= 0.6 is 11.6 Å². The van der Waals surface area contributed by atoms with Gasteiger partial charge in [0.15, 0.2) is 0 Å². The van der Waals surface area contributed by atoms with Gasteiger partial charge in [0.1, 0.15) is 18.1 Å². The van der Waals surface area contributed by atoms with Gasteiger partial charge in [-0.15, -0.1) is 0 Å². The van der Waals surface area contributed by atoms with Crippen LogP contribution < -0.4 is 14.8 Å². The van der Waals surface area contributed by atoms with Gasteiger partial charge in [-0.05, 0) is 48.5 Å². The third-order valence-corrected chi connectivity index (χ3v) is 5.27. The summed E-state index contributed by atoms with van der Waals surface area (Å²) < 4.78 is 10.9. The molecule has 7 heteroatoms. The number of piperazine rings is 1. The van der Waals surface area contributed by atoms with Crippen LogP contribution in [0.15, 0.2) is 48.5 Å². The van der Waals surface area contributed by atoms with E-state index in [0.717, 1.165) is 50.8 Å². The Labute approximate surface area is 177 Å². The summed E-state index contributed by atoms with van der Waals surface area (Å²) in [6, 6.07) is 14.6. The molecule has 1 N–H and O–H groups in total. The molecule has 1 heterocycles. The highest BCUT2D eigenvalue weighted by Crippen LogP contribution is 2.15. The zero-order valence-electron chi connectivity index (χ0n) is 16.8. The molecule has 1 saturated heterocycles. The van der Waals surface area contributed by atoms with Crippen molar-refractivity contribution in [2.45, 2.75) is 0 Å². The fourth-order valence-corrected chi connectivity index (χ4v) is 3.36. The summed E-state index contributed by atoms with van der Waals surface area (Å²) in [6.45, 7) is 7.09. The lowest BCUT2D eigenvalue weighted by Gasteiger charge is -2.34. The van der Waals surface area contributed by atoms with Gasteiger partial charge in [0, 0.05) is 56.4 Å². The van der Waals surface area contributed by atoms with Gasteiger partial charge in [0.2, 0.25) is 0 Å². The minimum Gasteiger partial charge on any atom is -0.497 e. The van der Waals surface area contributed by atoms with Crippen LogP contribution in [0.5, 0.6) is 11.5 Å². The first kappa shape index (κ1) is 21.4. The molecule has 1 aliphatic heterocycles. The maximum absolute atomic E-state index is 12.2. The molecule has 1 fully saturated rings. The second-order valence-corrected chi connectivity index (χ2v) is 7.41. The number of rotatable bonds is 9. The third-order valence-electron chi connectivity index (χ3n) is 5.02. The number of hydrogen-bond donors (Lipinski definition) is 1. The SMILES string of the molecule is COc1ccc(C(=O)NCCN2CCN(CCOc3ccc(Cl)cc3)CC2)cc1. The third kappa shape index (κ3) is 6.92. The van der Waals surface area contributed by atoms with Gasteiger partial charge in [0.05, 0.1) is 7.11 Å². The summed E-state index contributed by atoms with van der Waals surface area (Å²) in [7, 11) is 1.61. The van der Waals surface area contributed by atoms with Crippen LogP contribution in [-0.2, 0) is 0 Å².